The van der Waals surface area contributed by atoms with Crippen molar-refractivity contribution in [1.82, 2.24) is 9.80 Å². The smallest absolute Gasteiger partial charge is 0.222 e. The second kappa shape index (κ2) is 7.85. The second-order valence-electron chi connectivity index (χ2n) is 8.33. The predicted octanol–water partition coefficient (Wildman–Crippen LogP) is 3.94. The topological polar surface area (TPSA) is 23.6 Å². The average Bonchev–Trinajstić information content (AvgIpc) is 2.72. The second-order valence-corrected chi connectivity index (χ2v) is 8.33. The van der Waals surface area contributed by atoms with Gasteiger partial charge in [0.15, 0.2) is 0 Å². The molecule has 2 aliphatic heterocycles. The van der Waals surface area contributed by atoms with Crippen LogP contribution in [-0.2, 0) is 10.2 Å². The van der Waals surface area contributed by atoms with Crippen molar-refractivity contribution in [2.75, 3.05) is 33.2 Å². The number of hydrogen-bond acceptors (Lipinski definition) is 2. The molecule has 0 aliphatic carbocycles. The summed E-state index contributed by atoms with van der Waals surface area (Å²) in [6, 6.07) is 22.1. The van der Waals surface area contributed by atoms with Gasteiger partial charge in [0.2, 0.25) is 5.91 Å². The maximum Gasteiger partial charge on any atom is 0.222 e. The largest absolute Gasteiger partial charge is 0.345 e. The molecule has 142 valence electrons. The number of benzene rings is 2. The molecular weight excluding hydrogens is 332 g/mol. The number of amides is 1. The van der Waals surface area contributed by atoms with Crippen molar-refractivity contribution < 1.29 is 4.79 Å². The van der Waals surface area contributed by atoms with Crippen LogP contribution in [0.15, 0.2) is 60.7 Å². The molecule has 3 heteroatoms. The molecule has 0 spiro atoms. The maximum atomic E-state index is 11.8. The molecule has 1 atom stereocenters. The van der Waals surface area contributed by atoms with Gasteiger partial charge in [-0.25, -0.2) is 0 Å². The van der Waals surface area contributed by atoms with Gasteiger partial charge in [0.1, 0.15) is 0 Å². The van der Waals surface area contributed by atoms with Crippen LogP contribution >= 0.6 is 0 Å². The molecule has 1 unspecified atom stereocenters. The monoisotopic (exact) mass is 362 g/mol. The summed E-state index contributed by atoms with van der Waals surface area (Å²) in [6.07, 6.45) is 4.15. The van der Waals surface area contributed by atoms with E-state index in [1.807, 2.05) is 11.9 Å². The van der Waals surface area contributed by atoms with Crippen LogP contribution in [0.5, 0.6) is 0 Å². The lowest BCUT2D eigenvalue weighted by molar-refractivity contribution is -0.133. The summed E-state index contributed by atoms with van der Waals surface area (Å²) < 4.78 is 0. The fourth-order valence-corrected chi connectivity index (χ4v) is 5.07. The normalized spacial score (nSPS) is 23.4. The molecule has 0 N–H and O–H groups in total. The Morgan fingerprint density at radius 2 is 1.63 bits per heavy atom. The number of likely N-dealkylation sites (tertiary alicyclic amines) is 2. The van der Waals surface area contributed by atoms with Crippen molar-refractivity contribution in [3.8, 4) is 0 Å². The predicted molar refractivity (Wildman–Crippen MR) is 110 cm³/mol. The Bertz CT molecular complexity index is 719. The number of rotatable bonds is 4. The minimum absolute atomic E-state index is 0.0666. The average molecular weight is 363 g/mol. The lowest BCUT2D eigenvalue weighted by atomic mass is 9.69. The SMILES string of the molecule is CN1CC(CN2CCCC(c3ccccc3)(c3ccccc3)C2)CCC1=O. The standard InChI is InChI=1S/C24H30N2O/c1-25-17-20(13-14-23(25)27)18-26-16-8-15-24(19-26,21-9-4-2-5-10-21)22-11-6-3-7-12-22/h2-7,9-12,20H,8,13-19H2,1H3. The Kier molecular flexibility index (Phi) is 5.31. The van der Waals surface area contributed by atoms with Crippen molar-refractivity contribution >= 4 is 5.91 Å². The molecule has 27 heavy (non-hydrogen) atoms. The first kappa shape index (κ1) is 18.2. The molecule has 0 radical (unpaired) electrons. The molecule has 2 aliphatic rings. The van der Waals surface area contributed by atoms with Crippen LogP contribution in [0.2, 0.25) is 0 Å². The van der Waals surface area contributed by atoms with E-state index >= 15 is 0 Å². The third-order valence-corrected chi connectivity index (χ3v) is 6.46. The van der Waals surface area contributed by atoms with Crippen LogP contribution in [0.25, 0.3) is 0 Å². The summed E-state index contributed by atoms with van der Waals surface area (Å²) in [6.45, 7) is 4.23. The summed E-state index contributed by atoms with van der Waals surface area (Å²) >= 11 is 0. The molecule has 2 fully saturated rings. The Morgan fingerprint density at radius 1 is 1.00 bits per heavy atom. The van der Waals surface area contributed by atoms with E-state index in [4.69, 9.17) is 0 Å². The fraction of sp³-hybridized carbons (Fsp3) is 0.458. The van der Waals surface area contributed by atoms with E-state index in [0.717, 1.165) is 32.6 Å². The molecule has 0 aromatic heterocycles. The number of piperidine rings is 2. The molecule has 1 amide bonds. The molecule has 2 aromatic rings. The Morgan fingerprint density at radius 3 is 2.22 bits per heavy atom. The van der Waals surface area contributed by atoms with E-state index in [-0.39, 0.29) is 5.41 Å². The van der Waals surface area contributed by atoms with Gasteiger partial charge in [0, 0.05) is 38.5 Å². The highest BCUT2D eigenvalue weighted by Crippen LogP contribution is 2.40. The number of carbonyl (C=O) groups excluding carboxylic acids is 1. The van der Waals surface area contributed by atoms with E-state index in [0.29, 0.717) is 18.2 Å². The van der Waals surface area contributed by atoms with Gasteiger partial charge < -0.3 is 9.80 Å². The maximum absolute atomic E-state index is 11.8. The first-order chi connectivity index (χ1) is 13.2. The Hall–Kier alpha value is -2.13. The Balaban J connectivity index is 1.58. The molecule has 0 saturated carbocycles. The van der Waals surface area contributed by atoms with Gasteiger partial charge >= 0.3 is 0 Å². The van der Waals surface area contributed by atoms with Crippen LogP contribution in [0, 0.1) is 5.92 Å². The van der Waals surface area contributed by atoms with E-state index in [2.05, 4.69) is 65.6 Å². The summed E-state index contributed by atoms with van der Waals surface area (Å²) in [4.78, 5) is 16.4. The number of nitrogens with zero attached hydrogens (tertiary/aromatic N) is 2. The highest BCUT2D eigenvalue weighted by Gasteiger charge is 2.39. The minimum Gasteiger partial charge on any atom is -0.345 e. The molecular formula is C24H30N2O. The van der Waals surface area contributed by atoms with Gasteiger partial charge in [-0.05, 0) is 42.9 Å². The zero-order valence-electron chi connectivity index (χ0n) is 16.3. The lowest BCUT2D eigenvalue weighted by Crippen LogP contribution is -2.50. The third-order valence-electron chi connectivity index (χ3n) is 6.46. The van der Waals surface area contributed by atoms with Crippen LogP contribution in [0.1, 0.15) is 36.8 Å². The highest BCUT2D eigenvalue weighted by molar-refractivity contribution is 5.76. The van der Waals surface area contributed by atoms with Crippen molar-refractivity contribution in [3.05, 3.63) is 71.8 Å². The summed E-state index contributed by atoms with van der Waals surface area (Å²) in [5.41, 5.74) is 2.92. The zero-order valence-corrected chi connectivity index (χ0v) is 16.3. The van der Waals surface area contributed by atoms with E-state index in [1.165, 1.54) is 24.0 Å². The first-order valence-corrected chi connectivity index (χ1v) is 10.2. The number of carbonyl (C=O) groups is 1. The first-order valence-electron chi connectivity index (χ1n) is 10.2. The third kappa shape index (κ3) is 3.79. The quantitative estimate of drug-likeness (QED) is 0.823. The fourth-order valence-electron chi connectivity index (χ4n) is 5.07. The molecule has 3 nitrogen and oxygen atoms in total. The van der Waals surface area contributed by atoms with Crippen LogP contribution < -0.4 is 0 Å². The van der Waals surface area contributed by atoms with Gasteiger partial charge in [-0.1, -0.05) is 60.7 Å². The minimum atomic E-state index is 0.0666. The van der Waals surface area contributed by atoms with Crippen molar-refractivity contribution in [3.63, 3.8) is 0 Å². The molecule has 2 saturated heterocycles. The van der Waals surface area contributed by atoms with Crippen molar-refractivity contribution in [2.45, 2.75) is 31.1 Å². The van der Waals surface area contributed by atoms with Gasteiger partial charge in [-0.3, -0.25) is 4.79 Å². The number of hydrogen-bond donors (Lipinski definition) is 0. The van der Waals surface area contributed by atoms with Gasteiger partial charge in [0.25, 0.3) is 0 Å². The molecule has 4 rings (SSSR count). The summed E-state index contributed by atoms with van der Waals surface area (Å²) in [5.74, 6) is 0.892. The van der Waals surface area contributed by atoms with Crippen molar-refractivity contribution in [1.29, 1.82) is 0 Å². The van der Waals surface area contributed by atoms with Gasteiger partial charge in [-0.2, -0.15) is 0 Å². The van der Waals surface area contributed by atoms with Gasteiger partial charge in [0.05, 0.1) is 0 Å². The van der Waals surface area contributed by atoms with Crippen LogP contribution in [-0.4, -0.2) is 48.9 Å². The van der Waals surface area contributed by atoms with Gasteiger partial charge in [-0.15, -0.1) is 0 Å². The molecule has 2 heterocycles. The van der Waals surface area contributed by atoms with E-state index in [1.54, 1.807) is 0 Å². The van der Waals surface area contributed by atoms with Crippen molar-refractivity contribution in [2.24, 2.45) is 5.92 Å². The summed E-state index contributed by atoms with van der Waals surface area (Å²) in [7, 11) is 1.95. The van der Waals surface area contributed by atoms with E-state index in [9.17, 15) is 4.79 Å². The molecule has 2 aromatic carbocycles. The summed E-state index contributed by atoms with van der Waals surface area (Å²) in [5, 5.41) is 0. The molecule has 0 bridgehead atoms. The highest BCUT2D eigenvalue weighted by atomic mass is 16.2. The van der Waals surface area contributed by atoms with E-state index < -0.39 is 0 Å². The van der Waals surface area contributed by atoms with Crippen LogP contribution in [0.3, 0.4) is 0 Å². The zero-order chi connectivity index (χ0) is 18.7. The lowest BCUT2D eigenvalue weighted by Gasteiger charge is -2.45. The Labute approximate surface area is 163 Å². The van der Waals surface area contributed by atoms with Crippen LogP contribution in [0.4, 0.5) is 0 Å².